The molecule has 0 unspecified atom stereocenters. The summed E-state index contributed by atoms with van der Waals surface area (Å²) in [6.45, 7) is 1.67. The summed E-state index contributed by atoms with van der Waals surface area (Å²) in [5.41, 5.74) is 1.18. The van der Waals surface area contributed by atoms with E-state index in [-0.39, 0.29) is 0 Å². The summed E-state index contributed by atoms with van der Waals surface area (Å²) in [5.74, 6) is 0.670. The molecule has 0 aliphatic heterocycles. The summed E-state index contributed by atoms with van der Waals surface area (Å²) in [4.78, 5) is 7.04. The van der Waals surface area contributed by atoms with E-state index in [1.54, 1.807) is 0 Å². The molecule has 74 valence electrons. The van der Waals surface area contributed by atoms with Crippen molar-refractivity contribution in [1.29, 1.82) is 0 Å². The van der Waals surface area contributed by atoms with Crippen molar-refractivity contribution >= 4 is 0 Å². The summed E-state index contributed by atoms with van der Waals surface area (Å²) >= 11 is 0. The first-order valence-corrected chi connectivity index (χ1v) is 4.53. The normalized spacial score (nSPS) is 10.6. The molecule has 5 nitrogen and oxygen atoms in total. The zero-order valence-electron chi connectivity index (χ0n) is 7.73. The predicted molar refractivity (Wildman–Crippen MR) is 50.5 cm³/mol. The van der Waals surface area contributed by atoms with Crippen LogP contribution in [0.3, 0.4) is 0 Å². The molecule has 0 spiro atoms. The largest absolute Gasteiger partial charge is 0.364 e. The van der Waals surface area contributed by atoms with Gasteiger partial charge in [-0.1, -0.05) is 5.16 Å². The van der Waals surface area contributed by atoms with Crippen molar-refractivity contribution in [2.24, 2.45) is 0 Å². The fourth-order valence-corrected chi connectivity index (χ4v) is 1.20. The lowest BCUT2D eigenvalue weighted by Crippen LogP contribution is -2.16. The molecule has 2 aromatic heterocycles. The van der Waals surface area contributed by atoms with Crippen LogP contribution in [0.25, 0.3) is 0 Å². The van der Waals surface area contributed by atoms with Crippen molar-refractivity contribution in [2.45, 2.75) is 13.0 Å². The Morgan fingerprint density at radius 2 is 2.50 bits per heavy atom. The Bertz CT molecular complexity index is 305. The van der Waals surface area contributed by atoms with Crippen LogP contribution >= 0.6 is 0 Å². The van der Waals surface area contributed by atoms with Crippen LogP contribution in [0.5, 0.6) is 0 Å². The molecule has 0 aromatic carbocycles. The molecule has 0 aliphatic rings. The molecule has 0 bridgehead atoms. The lowest BCUT2D eigenvalue weighted by atomic mass is 10.4. The first-order valence-electron chi connectivity index (χ1n) is 4.53. The molecule has 0 atom stereocenters. The van der Waals surface area contributed by atoms with Crippen molar-refractivity contribution in [3.8, 4) is 0 Å². The summed E-state index contributed by atoms with van der Waals surface area (Å²) in [6.07, 6.45) is 4.09. The van der Waals surface area contributed by atoms with Crippen molar-refractivity contribution in [1.82, 2.24) is 20.4 Å². The average Bonchev–Trinajstić information content (AvgIpc) is 2.86. The number of hydrogen-bond donors (Lipinski definition) is 2. The van der Waals surface area contributed by atoms with Gasteiger partial charge in [0.05, 0.1) is 0 Å². The number of aromatic amines is 1. The molecule has 2 heterocycles. The number of aromatic nitrogens is 3. The van der Waals surface area contributed by atoms with Gasteiger partial charge in [0, 0.05) is 31.4 Å². The Morgan fingerprint density at radius 1 is 1.50 bits per heavy atom. The van der Waals surface area contributed by atoms with Gasteiger partial charge >= 0.3 is 0 Å². The van der Waals surface area contributed by atoms with Crippen molar-refractivity contribution < 1.29 is 4.52 Å². The van der Waals surface area contributed by atoms with Gasteiger partial charge < -0.3 is 14.8 Å². The van der Waals surface area contributed by atoms with Crippen molar-refractivity contribution in [2.75, 3.05) is 6.54 Å². The Morgan fingerprint density at radius 3 is 3.21 bits per heavy atom. The van der Waals surface area contributed by atoms with Gasteiger partial charge in [0.1, 0.15) is 0 Å². The van der Waals surface area contributed by atoms with Crippen LogP contribution in [0.15, 0.2) is 29.2 Å². The number of rotatable bonds is 5. The van der Waals surface area contributed by atoms with E-state index in [4.69, 9.17) is 4.52 Å². The molecule has 0 saturated heterocycles. The van der Waals surface area contributed by atoms with E-state index in [1.165, 1.54) is 12.0 Å². The molecule has 0 amide bonds. The van der Waals surface area contributed by atoms with E-state index in [9.17, 15) is 0 Å². The summed E-state index contributed by atoms with van der Waals surface area (Å²) in [6, 6.07) is 4.02. The second-order valence-electron chi connectivity index (χ2n) is 2.96. The minimum absolute atomic E-state index is 0.670. The van der Waals surface area contributed by atoms with Gasteiger partial charge in [0.2, 0.25) is 5.89 Å². The van der Waals surface area contributed by atoms with Crippen LogP contribution in [0.4, 0.5) is 0 Å². The molecule has 2 rings (SSSR count). The highest BCUT2D eigenvalue weighted by atomic mass is 16.5. The second-order valence-corrected chi connectivity index (χ2v) is 2.96. The molecule has 2 N–H and O–H groups in total. The van der Waals surface area contributed by atoms with Crippen LogP contribution in [0.2, 0.25) is 0 Å². The highest BCUT2D eigenvalue weighted by Crippen LogP contribution is 1.94. The van der Waals surface area contributed by atoms with E-state index in [2.05, 4.69) is 20.4 Å². The van der Waals surface area contributed by atoms with Gasteiger partial charge in [0.25, 0.3) is 0 Å². The van der Waals surface area contributed by atoms with Crippen LogP contribution < -0.4 is 5.32 Å². The van der Waals surface area contributed by atoms with Gasteiger partial charge in [-0.05, 0) is 12.1 Å². The third-order valence-electron chi connectivity index (χ3n) is 1.90. The van der Waals surface area contributed by atoms with E-state index < -0.39 is 0 Å². The Kier molecular flexibility index (Phi) is 2.92. The quantitative estimate of drug-likeness (QED) is 0.685. The highest BCUT2D eigenvalue weighted by Gasteiger charge is 1.97. The number of nitrogens with one attached hydrogen (secondary N) is 2. The maximum absolute atomic E-state index is 4.86. The lowest BCUT2D eigenvalue weighted by Gasteiger charge is -1.99. The minimum Gasteiger partial charge on any atom is -0.364 e. The zero-order chi connectivity index (χ0) is 9.64. The fourth-order valence-electron chi connectivity index (χ4n) is 1.20. The maximum atomic E-state index is 4.86. The van der Waals surface area contributed by atoms with Crippen LogP contribution in [0.1, 0.15) is 11.6 Å². The number of H-pyrrole nitrogens is 1. The van der Waals surface area contributed by atoms with Crippen LogP contribution in [-0.4, -0.2) is 21.7 Å². The monoisotopic (exact) mass is 192 g/mol. The first-order chi connectivity index (χ1) is 6.95. The fraction of sp³-hybridized carbons (Fsp3) is 0.333. The van der Waals surface area contributed by atoms with Crippen LogP contribution in [0, 0.1) is 0 Å². The molecule has 0 radical (unpaired) electrons. The van der Waals surface area contributed by atoms with Gasteiger partial charge in [0.15, 0.2) is 6.33 Å². The van der Waals surface area contributed by atoms with Crippen molar-refractivity contribution in [3.63, 3.8) is 0 Å². The Balaban J connectivity index is 1.65. The van der Waals surface area contributed by atoms with E-state index in [1.807, 2.05) is 18.3 Å². The molecule has 5 heteroatoms. The molecule has 14 heavy (non-hydrogen) atoms. The van der Waals surface area contributed by atoms with E-state index in [0.717, 1.165) is 19.5 Å². The molecule has 0 saturated carbocycles. The van der Waals surface area contributed by atoms with Gasteiger partial charge in [-0.15, -0.1) is 0 Å². The molecule has 2 aromatic rings. The van der Waals surface area contributed by atoms with E-state index in [0.29, 0.717) is 5.89 Å². The van der Waals surface area contributed by atoms with Crippen LogP contribution in [-0.2, 0) is 13.0 Å². The number of nitrogens with zero attached hydrogens (tertiary/aromatic N) is 2. The smallest absolute Gasteiger partial charge is 0.227 e. The Labute approximate surface area is 81.5 Å². The first kappa shape index (κ1) is 8.96. The molecular weight excluding hydrogens is 180 g/mol. The third kappa shape index (κ3) is 2.43. The summed E-state index contributed by atoms with van der Waals surface area (Å²) in [5, 5.41) is 6.80. The minimum atomic E-state index is 0.670. The predicted octanol–water partition coefficient (Wildman–Crippen LogP) is 0.730. The molecule has 0 aliphatic carbocycles. The SMILES string of the molecule is c1c[nH]c(CNCCc2ncno2)c1. The van der Waals surface area contributed by atoms with Crippen molar-refractivity contribution in [3.05, 3.63) is 36.2 Å². The Hall–Kier alpha value is -1.62. The lowest BCUT2D eigenvalue weighted by molar-refractivity contribution is 0.375. The molecular formula is C9H12N4O. The number of hydrogen-bond acceptors (Lipinski definition) is 4. The summed E-state index contributed by atoms with van der Waals surface area (Å²) < 4.78 is 4.86. The zero-order valence-corrected chi connectivity index (χ0v) is 7.73. The topological polar surface area (TPSA) is 66.7 Å². The van der Waals surface area contributed by atoms with Gasteiger partial charge in [-0.3, -0.25) is 0 Å². The van der Waals surface area contributed by atoms with Gasteiger partial charge in [-0.25, -0.2) is 0 Å². The standard InChI is InChI=1S/C9H12N4O/c1-2-8(11-4-1)6-10-5-3-9-12-7-13-14-9/h1-2,4,7,10-11H,3,5-6H2. The third-order valence-corrected chi connectivity index (χ3v) is 1.90. The summed E-state index contributed by atoms with van der Waals surface area (Å²) in [7, 11) is 0. The second kappa shape index (κ2) is 4.57. The maximum Gasteiger partial charge on any atom is 0.227 e. The van der Waals surface area contributed by atoms with E-state index >= 15 is 0 Å². The molecule has 0 fully saturated rings. The average molecular weight is 192 g/mol. The van der Waals surface area contributed by atoms with Gasteiger partial charge in [-0.2, -0.15) is 4.98 Å². The highest BCUT2D eigenvalue weighted by molar-refractivity contribution is 5.02.